The first-order valence-electron chi connectivity index (χ1n) is 8.32. The fourth-order valence-electron chi connectivity index (χ4n) is 2.39. The van der Waals surface area contributed by atoms with Crippen molar-refractivity contribution in [3.8, 4) is 0 Å². The van der Waals surface area contributed by atoms with E-state index in [0.29, 0.717) is 6.61 Å². The molecule has 0 unspecified atom stereocenters. The van der Waals surface area contributed by atoms with Gasteiger partial charge >= 0.3 is 0 Å². The van der Waals surface area contributed by atoms with Gasteiger partial charge in [-0.2, -0.15) is 0 Å². The average molecular weight is 270 g/mol. The first kappa shape index (κ1) is 18.5. The van der Waals surface area contributed by atoms with Crippen molar-refractivity contribution in [2.75, 3.05) is 6.61 Å². The largest absolute Gasteiger partial charge is 0.516 e. The summed E-state index contributed by atoms with van der Waals surface area (Å²) < 4.78 is 0. The lowest BCUT2D eigenvalue weighted by Crippen LogP contribution is -1.85. The molecule has 0 saturated carbocycles. The Labute approximate surface area is 119 Å². The van der Waals surface area contributed by atoms with E-state index in [4.69, 9.17) is 10.2 Å². The normalized spacial score (nSPS) is 11.4. The molecule has 0 aliphatic heterocycles. The van der Waals surface area contributed by atoms with Gasteiger partial charge in [-0.1, -0.05) is 76.7 Å². The van der Waals surface area contributed by atoms with Crippen LogP contribution in [0.5, 0.6) is 0 Å². The van der Waals surface area contributed by atoms with Crippen LogP contribution in [0.15, 0.2) is 12.3 Å². The highest BCUT2D eigenvalue weighted by molar-refractivity contribution is 4.70. The molecule has 0 fully saturated rings. The van der Waals surface area contributed by atoms with Crippen LogP contribution in [0.2, 0.25) is 0 Å². The van der Waals surface area contributed by atoms with Gasteiger partial charge in [-0.15, -0.1) is 0 Å². The molecule has 0 aliphatic rings. The van der Waals surface area contributed by atoms with Crippen LogP contribution in [0, 0.1) is 0 Å². The molecule has 2 N–H and O–H groups in total. The second-order valence-electron chi connectivity index (χ2n) is 5.49. The van der Waals surface area contributed by atoms with Gasteiger partial charge in [0.25, 0.3) is 0 Å². The van der Waals surface area contributed by atoms with Gasteiger partial charge in [-0.25, -0.2) is 0 Å². The van der Waals surface area contributed by atoms with Crippen LogP contribution < -0.4 is 0 Å². The molecule has 0 atom stereocenters. The molecular formula is C17H34O2. The van der Waals surface area contributed by atoms with E-state index in [1.54, 1.807) is 0 Å². The van der Waals surface area contributed by atoms with Crippen LogP contribution in [-0.2, 0) is 0 Å². The first-order chi connectivity index (χ1) is 9.41. The number of aliphatic hydroxyl groups is 2. The van der Waals surface area contributed by atoms with Gasteiger partial charge in [0.15, 0.2) is 0 Å². The van der Waals surface area contributed by atoms with Crippen molar-refractivity contribution >= 4 is 0 Å². The van der Waals surface area contributed by atoms with Gasteiger partial charge in [0.2, 0.25) is 0 Å². The molecule has 0 bridgehead atoms. The highest BCUT2D eigenvalue weighted by Crippen LogP contribution is 2.12. The van der Waals surface area contributed by atoms with Crippen molar-refractivity contribution in [3.63, 3.8) is 0 Å². The second kappa shape index (κ2) is 17.5. The van der Waals surface area contributed by atoms with Gasteiger partial charge in [-0.05, 0) is 19.3 Å². The zero-order valence-electron chi connectivity index (χ0n) is 12.7. The van der Waals surface area contributed by atoms with E-state index in [1.807, 2.05) is 6.08 Å². The van der Waals surface area contributed by atoms with E-state index in [9.17, 15) is 0 Å². The van der Waals surface area contributed by atoms with Crippen molar-refractivity contribution < 1.29 is 10.2 Å². The van der Waals surface area contributed by atoms with Crippen LogP contribution in [0.25, 0.3) is 0 Å². The van der Waals surface area contributed by atoms with Crippen LogP contribution in [-0.4, -0.2) is 16.8 Å². The third-order valence-corrected chi connectivity index (χ3v) is 3.63. The lowest BCUT2D eigenvalue weighted by molar-refractivity contribution is 0.282. The van der Waals surface area contributed by atoms with Crippen LogP contribution in [0.1, 0.15) is 89.9 Å². The standard InChI is InChI=1S/C17H34O2/c18-16-14-12-10-8-6-4-2-1-3-5-7-9-11-13-15-17-19/h14,16,18-19H,1-13,15,17H2/b16-14+. The number of hydrogen-bond donors (Lipinski definition) is 2. The molecule has 0 spiro atoms. The first-order valence-corrected chi connectivity index (χ1v) is 8.32. The Morgan fingerprint density at radius 3 is 1.26 bits per heavy atom. The fraction of sp³-hybridized carbons (Fsp3) is 0.882. The Morgan fingerprint density at radius 1 is 0.526 bits per heavy atom. The quantitative estimate of drug-likeness (QED) is 0.304. The predicted octanol–water partition coefficient (Wildman–Crippen LogP) is 5.51. The van der Waals surface area contributed by atoms with Crippen molar-refractivity contribution in [2.24, 2.45) is 0 Å². The summed E-state index contributed by atoms with van der Waals surface area (Å²) in [6.45, 7) is 0.357. The van der Waals surface area contributed by atoms with Crippen LogP contribution >= 0.6 is 0 Å². The summed E-state index contributed by atoms with van der Waals surface area (Å²) >= 11 is 0. The Balaban J connectivity index is 2.91. The molecule has 0 rings (SSSR count). The molecule has 114 valence electrons. The molecule has 0 aliphatic carbocycles. The van der Waals surface area contributed by atoms with Crippen molar-refractivity contribution in [3.05, 3.63) is 12.3 Å². The maximum absolute atomic E-state index is 8.66. The number of hydrogen-bond acceptors (Lipinski definition) is 2. The molecular weight excluding hydrogens is 236 g/mol. The zero-order valence-corrected chi connectivity index (χ0v) is 12.7. The summed E-state index contributed by atoms with van der Waals surface area (Å²) in [6, 6.07) is 0. The minimum atomic E-state index is 0.357. The van der Waals surface area contributed by atoms with E-state index < -0.39 is 0 Å². The summed E-state index contributed by atoms with van der Waals surface area (Å²) in [5.41, 5.74) is 0. The summed E-state index contributed by atoms with van der Waals surface area (Å²) in [7, 11) is 0. The zero-order chi connectivity index (χ0) is 14.0. The topological polar surface area (TPSA) is 40.5 Å². The lowest BCUT2D eigenvalue weighted by Gasteiger charge is -2.02. The third-order valence-electron chi connectivity index (χ3n) is 3.63. The van der Waals surface area contributed by atoms with Gasteiger partial charge in [0, 0.05) is 6.61 Å². The fourth-order valence-corrected chi connectivity index (χ4v) is 2.39. The van der Waals surface area contributed by atoms with E-state index in [1.165, 1.54) is 77.0 Å². The molecule has 0 aromatic heterocycles. The lowest BCUT2D eigenvalue weighted by atomic mass is 10.0. The number of aliphatic hydroxyl groups excluding tert-OH is 2. The molecule has 0 amide bonds. The number of rotatable bonds is 15. The van der Waals surface area contributed by atoms with Crippen molar-refractivity contribution in [1.29, 1.82) is 0 Å². The average Bonchev–Trinajstić information content (AvgIpc) is 2.43. The highest BCUT2D eigenvalue weighted by atomic mass is 16.3. The predicted molar refractivity (Wildman–Crippen MR) is 83.5 cm³/mol. The second-order valence-corrected chi connectivity index (χ2v) is 5.49. The smallest absolute Gasteiger partial charge is 0.0751 e. The maximum atomic E-state index is 8.66. The van der Waals surface area contributed by atoms with Gasteiger partial charge in [0.05, 0.1) is 6.26 Å². The molecule has 0 aromatic carbocycles. The summed E-state index contributed by atoms with van der Waals surface area (Å²) in [5.74, 6) is 0. The molecule has 0 saturated heterocycles. The Kier molecular flexibility index (Phi) is 17.0. The molecule has 2 nitrogen and oxygen atoms in total. The third kappa shape index (κ3) is 17.5. The molecule has 19 heavy (non-hydrogen) atoms. The SMILES string of the molecule is O/C=C/CCCCCCCCCCCCCCCO. The van der Waals surface area contributed by atoms with Gasteiger partial charge in [0.1, 0.15) is 0 Å². The minimum Gasteiger partial charge on any atom is -0.516 e. The number of unbranched alkanes of at least 4 members (excludes halogenated alkanes) is 13. The molecule has 2 heteroatoms. The van der Waals surface area contributed by atoms with Crippen LogP contribution in [0.4, 0.5) is 0 Å². The van der Waals surface area contributed by atoms with E-state index in [2.05, 4.69) is 0 Å². The van der Waals surface area contributed by atoms with Gasteiger partial charge < -0.3 is 10.2 Å². The van der Waals surface area contributed by atoms with E-state index in [-0.39, 0.29) is 0 Å². The minimum absolute atomic E-state index is 0.357. The summed E-state index contributed by atoms with van der Waals surface area (Å²) in [5, 5.41) is 17.1. The van der Waals surface area contributed by atoms with Gasteiger partial charge in [-0.3, -0.25) is 0 Å². The summed E-state index contributed by atoms with van der Waals surface area (Å²) in [6.07, 6.45) is 21.0. The van der Waals surface area contributed by atoms with Crippen molar-refractivity contribution in [1.82, 2.24) is 0 Å². The van der Waals surface area contributed by atoms with Crippen LogP contribution in [0.3, 0.4) is 0 Å². The Morgan fingerprint density at radius 2 is 0.895 bits per heavy atom. The Bertz CT molecular complexity index is 178. The summed E-state index contributed by atoms with van der Waals surface area (Å²) in [4.78, 5) is 0. The highest BCUT2D eigenvalue weighted by Gasteiger charge is 1.93. The molecule has 0 heterocycles. The molecule has 0 aromatic rings. The monoisotopic (exact) mass is 270 g/mol. The maximum Gasteiger partial charge on any atom is 0.0751 e. The molecule has 0 radical (unpaired) electrons. The van der Waals surface area contributed by atoms with E-state index in [0.717, 1.165) is 19.1 Å². The van der Waals surface area contributed by atoms with Crippen molar-refractivity contribution in [2.45, 2.75) is 89.9 Å². The Hall–Kier alpha value is -0.500. The van der Waals surface area contributed by atoms with E-state index >= 15 is 0 Å². The number of allylic oxidation sites excluding steroid dienone is 1.